The molecule has 2 saturated heterocycles. The maximum absolute atomic E-state index is 13.3. The van der Waals surface area contributed by atoms with Crippen LogP contribution in [0.5, 0.6) is 0 Å². The van der Waals surface area contributed by atoms with Gasteiger partial charge in [-0.3, -0.25) is 9.59 Å². The van der Waals surface area contributed by atoms with E-state index in [0.717, 1.165) is 57.2 Å². The van der Waals surface area contributed by atoms with E-state index >= 15 is 0 Å². The Morgan fingerprint density at radius 3 is 2.81 bits per heavy atom. The van der Waals surface area contributed by atoms with E-state index in [1.807, 2.05) is 4.90 Å². The van der Waals surface area contributed by atoms with Crippen molar-refractivity contribution in [1.29, 1.82) is 0 Å². The molecule has 1 saturated carbocycles. The second kappa shape index (κ2) is 7.25. The zero-order valence-corrected chi connectivity index (χ0v) is 16.4. The van der Waals surface area contributed by atoms with E-state index in [-0.39, 0.29) is 11.3 Å². The van der Waals surface area contributed by atoms with E-state index in [4.69, 9.17) is 0 Å². The summed E-state index contributed by atoms with van der Waals surface area (Å²) in [6.07, 6.45) is 9.30. The smallest absolute Gasteiger partial charge is 0.267 e. The molecule has 2 amide bonds. The monoisotopic (exact) mass is 376 g/mol. The molecule has 1 spiro atoms. The number of nitrogens with zero attached hydrogens (tertiary/aromatic N) is 4. The van der Waals surface area contributed by atoms with Gasteiger partial charge in [-0.1, -0.05) is 30.7 Å². The number of carbonyl (C=O) groups is 2. The van der Waals surface area contributed by atoms with Crippen LogP contribution < -0.4 is 0 Å². The van der Waals surface area contributed by atoms with Crippen LogP contribution in [0.25, 0.3) is 0 Å². The van der Waals surface area contributed by atoms with Gasteiger partial charge in [0.2, 0.25) is 5.91 Å². The molecule has 7 heteroatoms. The molecule has 1 aromatic heterocycles. The number of carbonyl (C=O) groups excluding carboxylic acids is 2. The lowest BCUT2D eigenvalue weighted by Gasteiger charge is -2.42. The number of piperidine rings is 1. The fourth-order valence-electron chi connectivity index (χ4n) is 5.00. The zero-order valence-electron chi connectivity index (χ0n) is 15.6. The van der Waals surface area contributed by atoms with Crippen molar-refractivity contribution in [2.75, 3.05) is 19.6 Å². The summed E-state index contributed by atoms with van der Waals surface area (Å²) in [7, 11) is 0. The van der Waals surface area contributed by atoms with Crippen LogP contribution in [-0.2, 0) is 11.2 Å². The summed E-state index contributed by atoms with van der Waals surface area (Å²) in [4.78, 5) is 31.0. The lowest BCUT2D eigenvalue weighted by molar-refractivity contribution is -0.148. The Kier molecular flexibility index (Phi) is 4.99. The van der Waals surface area contributed by atoms with Crippen LogP contribution in [0.15, 0.2) is 0 Å². The SMILES string of the molecule is CCCc1nnsc1C(=O)N1CC[C@@]2(CCCN(C3CCCC3)C2=O)C1. The third kappa shape index (κ3) is 3.04. The Morgan fingerprint density at radius 2 is 2.04 bits per heavy atom. The van der Waals surface area contributed by atoms with Crippen LogP contribution in [-0.4, -0.2) is 56.9 Å². The first-order chi connectivity index (χ1) is 12.6. The van der Waals surface area contributed by atoms with E-state index in [0.29, 0.717) is 29.9 Å². The zero-order chi connectivity index (χ0) is 18.1. The van der Waals surface area contributed by atoms with Gasteiger partial charge in [0.15, 0.2) is 0 Å². The van der Waals surface area contributed by atoms with Gasteiger partial charge < -0.3 is 9.80 Å². The average molecular weight is 377 g/mol. The summed E-state index contributed by atoms with van der Waals surface area (Å²) >= 11 is 1.19. The molecule has 0 N–H and O–H groups in total. The van der Waals surface area contributed by atoms with Crippen LogP contribution >= 0.6 is 11.5 Å². The van der Waals surface area contributed by atoms with Crippen LogP contribution in [0.4, 0.5) is 0 Å². The molecule has 6 nitrogen and oxygen atoms in total. The van der Waals surface area contributed by atoms with E-state index in [1.165, 1.54) is 24.4 Å². The van der Waals surface area contributed by atoms with Crippen molar-refractivity contribution in [2.24, 2.45) is 5.41 Å². The molecule has 0 aromatic carbocycles. The predicted octanol–water partition coefficient (Wildman–Crippen LogP) is 2.89. The van der Waals surface area contributed by atoms with E-state index in [1.54, 1.807) is 0 Å². The highest BCUT2D eigenvalue weighted by molar-refractivity contribution is 7.08. The van der Waals surface area contributed by atoms with Crippen LogP contribution in [0.2, 0.25) is 0 Å². The van der Waals surface area contributed by atoms with Gasteiger partial charge >= 0.3 is 0 Å². The van der Waals surface area contributed by atoms with Crippen molar-refractivity contribution < 1.29 is 9.59 Å². The Hall–Kier alpha value is -1.50. The molecule has 4 rings (SSSR count). The Morgan fingerprint density at radius 1 is 1.23 bits per heavy atom. The molecule has 26 heavy (non-hydrogen) atoms. The highest BCUT2D eigenvalue weighted by atomic mass is 32.1. The molecule has 3 aliphatic rings. The van der Waals surface area contributed by atoms with Gasteiger partial charge in [0, 0.05) is 25.7 Å². The topological polar surface area (TPSA) is 66.4 Å². The molecule has 1 atom stereocenters. The van der Waals surface area contributed by atoms with Crippen molar-refractivity contribution in [1.82, 2.24) is 19.4 Å². The summed E-state index contributed by atoms with van der Waals surface area (Å²) in [5, 5.41) is 4.13. The van der Waals surface area contributed by atoms with E-state index in [9.17, 15) is 9.59 Å². The van der Waals surface area contributed by atoms with Crippen molar-refractivity contribution in [2.45, 2.75) is 70.8 Å². The van der Waals surface area contributed by atoms with Gasteiger partial charge in [-0.15, -0.1) is 5.10 Å². The summed E-state index contributed by atoms with van der Waals surface area (Å²) in [5.74, 6) is 0.327. The van der Waals surface area contributed by atoms with Crippen LogP contribution in [0.1, 0.15) is 73.7 Å². The van der Waals surface area contributed by atoms with E-state index < -0.39 is 0 Å². The summed E-state index contributed by atoms with van der Waals surface area (Å²) in [5.41, 5.74) is 0.463. The maximum Gasteiger partial charge on any atom is 0.267 e. The number of amides is 2. The van der Waals surface area contributed by atoms with Crippen molar-refractivity contribution in [3.8, 4) is 0 Å². The first kappa shape index (κ1) is 17.9. The van der Waals surface area contributed by atoms with Gasteiger partial charge in [0.25, 0.3) is 5.91 Å². The normalized spacial score (nSPS) is 27.0. The Balaban J connectivity index is 1.49. The molecule has 1 aliphatic carbocycles. The largest absolute Gasteiger partial charge is 0.339 e. The lowest BCUT2D eigenvalue weighted by atomic mass is 9.77. The van der Waals surface area contributed by atoms with Gasteiger partial charge in [-0.2, -0.15) is 0 Å². The van der Waals surface area contributed by atoms with Crippen molar-refractivity contribution in [3.05, 3.63) is 10.6 Å². The summed E-state index contributed by atoms with van der Waals surface area (Å²) in [6.45, 7) is 4.22. The molecule has 142 valence electrons. The van der Waals surface area contributed by atoms with Crippen LogP contribution in [0.3, 0.4) is 0 Å². The molecule has 1 aromatic rings. The lowest BCUT2D eigenvalue weighted by Crippen LogP contribution is -2.53. The van der Waals surface area contributed by atoms with E-state index in [2.05, 4.69) is 21.4 Å². The number of hydrogen-bond acceptors (Lipinski definition) is 5. The Labute approximate surface area is 159 Å². The van der Waals surface area contributed by atoms with Gasteiger partial charge in [-0.25, -0.2) is 0 Å². The maximum atomic E-state index is 13.3. The minimum Gasteiger partial charge on any atom is -0.339 e. The van der Waals surface area contributed by atoms with Crippen molar-refractivity contribution in [3.63, 3.8) is 0 Å². The average Bonchev–Trinajstić information content (AvgIpc) is 3.38. The molecule has 2 aliphatic heterocycles. The summed E-state index contributed by atoms with van der Waals surface area (Å²) in [6, 6.07) is 0.436. The minimum absolute atomic E-state index is 0.0196. The highest BCUT2D eigenvalue weighted by Gasteiger charge is 2.51. The second-order valence-corrected chi connectivity index (χ2v) is 8.85. The second-order valence-electron chi connectivity index (χ2n) is 8.10. The molecule has 0 radical (unpaired) electrons. The molecule has 0 bridgehead atoms. The van der Waals surface area contributed by atoms with Gasteiger partial charge in [0.1, 0.15) is 4.88 Å². The quantitative estimate of drug-likeness (QED) is 0.810. The third-order valence-corrected chi connectivity index (χ3v) is 7.17. The number of likely N-dealkylation sites (tertiary alicyclic amines) is 2. The molecule has 3 heterocycles. The number of aromatic nitrogens is 2. The minimum atomic E-state index is -0.348. The standard InChI is InChI=1S/C19H28N4O2S/c1-2-6-15-16(26-21-20-15)17(24)22-12-10-19(13-22)9-5-11-23(18(19)25)14-7-3-4-8-14/h14H,2-13H2,1H3/t19-/m0/s1. The first-order valence-corrected chi connectivity index (χ1v) is 10.8. The number of hydrogen-bond donors (Lipinski definition) is 0. The third-order valence-electron chi connectivity index (χ3n) is 6.41. The van der Waals surface area contributed by atoms with Gasteiger partial charge in [-0.05, 0) is 50.1 Å². The fourth-order valence-corrected chi connectivity index (χ4v) is 5.68. The highest BCUT2D eigenvalue weighted by Crippen LogP contribution is 2.42. The Bertz CT molecular complexity index is 685. The number of rotatable bonds is 4. The number of aryl methyl sites for hydroxylation is 1. The van der Waals surface area contributed by atoms with Gasteiger partial charge in [0.05, 0.1) is 11.1 Å². The summed E-state index contributed by atoms with van der Waals surface area (Å²) < 4.78 is 3.99. The molecular weight excluding hydrogens is 348 g/mol. The first-order valence-electron chi connectivity index (χ1n) is 10.1. The molecule has 0 unspecified atom stereocenters. The molecule has 3 fully saturated rings. The molecular formula is C19H28N4O2S. The van der Waals surface area contributed by atoms with Crippen LogP contribution in [0, 0.1) is 5.41 Å². The predicted molar refractivity (Wildman–Crippen MR) is 100 cm³/mol. The fraction of sp³-hybridized carbons (Fsp3) is 0.789. The van der Waals surface area contributed by atoms with Crippen molar-refractivity contribution >= 4 is 23.3 Å².